The minimum atomic E-state index is 0.602. The van der Waals surface area contributed by atoms with Gasteiger partial charge < -0.3 is 14.4 Å². The molecule has 2 fully saturated rings. The zero-order valence-corrected chi connectivity index (χ0v) is 49.3. The number of fused-ring (bicyclic) bond motifs is 1. The van der Waals surface area contributed by atoms with Gasteiger partial charge in [0, 0.05) is 30.5 Å². The first-order valence-electron chi connectivity index (χ1n) is 27.8. The van der Waals surface area contributed by atoms with Gasteiger partial charge in [0.15, 0.2) is 0 Å². The van der Waals surface area contributed by atoms with Crippen molar-refractivity contribution in [2.75, 3.05) is 26.2 Å². The number of benzene rings is 3. The Morgan fingerprint density at radius 1 is 0.373 bits per heavy atom. The molecule has 3 heterocycles. The van der Waals surface area contributed by atoms with E-state index in [0.29, 0.717) is 23.8 Å². The third kappa shape index (κ3) is 38.2. The van der Waals surface area contributed by atoms with Crippen molar-refractivity contribution in [1.82, 2.24) is 14.4 Å². The molecule has 2 saturated heterocycles. The van der Waals surface area contributed by atoms with E-state index in [1.165, 1.54) is 80.2 Å². The second-order valence-electron chi connectivity index (χ2n) is 17.2. The molecule has 0 atom stereocenters. The number of hydrogen-bond acceptors (Lipinski definition) is 2. The van der Waals surface area contributed by atoms with E-state index in [2.05, 4.69) is 201 Å². The zero-order valence-electron chi connectivity index (χ0n) is 49.3. The number of piperidine rings is 1. The summed E-state index contributed by atoms with van der Waals surface area (Å²) in [4.78, 5) is 5.09. The lowest BCUT2D eigenvalue weighted by Gasteiger charge is -2.29. The largest absolute Gasteiger partial charge is 0.352 e. The fraction of sp³-hybridized carbons (Fsp3) is 0.625. The molecule has 2 aliphatic heterocycles. The van der Waals surface area contributed by atoms with E-state index in [9.17, 15) is 0 Å². The van der Waals surface area contributed by atoms with Gasteiger partial charge in [-0.25, -0.2) is 0 Å². The quantitative estimate of drug-likeness (QED) is 0.191. The smallest absolute Gasteiger partial charge is 0.0274 e. The molecule has 388 valence electrons. The molecule has 0 bridgehead atoms. The molecule has 0 N–H and O–H groups in total. The van der Waals surface area contributed by atoms with E-state index in [4.69, 9.17) is 0 Å². The lowest BCUT2D eigenvalue weighted by Crippen LogP contribution is -2.35. The van der Waals surface area contributed by atoms with Gasteiger partial charge in [-0.15, -0.1) is 0 Å². The van der Waals surface area contributed by atoms with Crippen LogP contribution in [0.15, 0.2) is 122 Å². The maximum absolute atomic E-state index is 2.56. The normalized spacial score (nSPS) is 13.3. The van der Waals surface area contributed by atoms with Crippen LogP contribution in [0.25, 0.3) is 10.8 Å². The van der Waals surface area contributed by atoms with Crippen molar-refractivity contribution in [3.63, 3.8) is 0 Å². The van der Waals surface area contributed by atoms with Crippen LogP contribution >= 0.6 is 0 Å². The average molecular weight is 929 g/mol. The molecule has 3 aromatic carbocycles. The van der Waals surface area contributed by atoms with Gasteiger partial charge in [0.05, 0.1) is 0 Å². The van der Waals surface area contributed by atoms with Gasteiger partial charge in [0.25, 0.3) is 0 Å². The summed E-state index contributed by atoms with van der Waals surface area (Å²) in [5.41, 5.74) is 2.83. The maximum Gasteiger partial charge on any atom is 0.0274 e. The molecule has 0 amide bonds. The van der Waals surface area contributed by atoms with E-state index in [1.54, 1.807) is 0 Å². The lowest BCUT2D eigenvalue weighted by molar-refractivity contribution is 0.185. The van der Waals surface area contributed by atoms with Crippen molar-refractivity contribution >= 4 is 10.8 Å². The van der Waals surface area contributed by atoms with Crippen molar-refractivity contribution < 1.29 is 0 Å². The Morgan fingerprint density at radius 2 is 0.746 bits per heavy atom. The third-order valence-corrected chi connectivity index (χ3v) is 10.7. The Kier molecular flexibility index (Phi) is 56.3. The highest BCUT2D eigenvalue weighted by molar-refractivity contribution is 5.83. The Hall–Kier alpha value is -3.40. The maximum atomic E-state index is 2.56. The predicted molar refractivity (Wildman–Crippen MR) is 315 cm³/mol. The van der Waals surface area contributed by atoms with Crippen LogP contribution in [0.2, 0.25) is 0 Å². The van der Waals surface area contributed by atoms with Crippen molar-refractivity contribution in [3.8, 4) is 0 Å². The van der Waals surface area contributed by atoms with Crippen LogP contribution in [0.1, 0.15) is 227 Å². The summed E-state index contributed by atoms with van der Waals surface area (Å²) < 4.78 is 2.17. The number of nitrogens with zero attached hydrogens (tertiary/aromatic N) is 3. The lowest BCUT2D eigenvalue weighted by atomic mass is 9.98. The number of rotatable bonds is 6. The van der Waals surface area contributed by atoms with Crippen LogP contribution in [0, 0.1) is 11.8 Å². The summed E-state index contributed by atoms with van der Waals surface area (Å²) in [6.07, 6.45) is 20.0. The zero-order chi connectivity index (χ0) is 52.6. The molecule has 0 saturated carbocycles. The fourth-order valence-corrected chi connectivity index (χ4v) is 6.68. The monoisotopic (exact) mass is 928 g/mol. The highest BCUT2D eigenvalue weighted by Gasteiger charge is 2.13. The van der Waals surface area contributed by atoms with E-state index >= 15 is 0 Å². The predicted octanol–water partition coefficient (Wildman–Crippen LogP) is 20.8. The third-order valence-electron chi connectivity index (χ3n) is 10.7. The van der Waals surface area contributed by atoms with Crippen molar-refractivity contribution in [1.29, 1.82) is 0 Å². The van der Waals surface area contributed by atoms with Gasteiger partial charge in [0.2, 0.25) is 0 Å². The van der Waals surface area contributed by atoms with Gasteiger partial charge in [-0.05, 0) is 151 Å². The molecule has 1 aromatic heterocycles. The number of hydrogen-bond donors (Lipinski definition) is 0. The summed E-state index contributed by atoms with van der Waals surface area (Å²) in [5.74, 6) is 2.75. The summed E-state index contributed by atoms with van der Waals surface area (Å²) in [7, 11) is 0. The standard InChI is InChI=1S/C13H14.C9H12.C8H17N.C8H12.C7H15N.C7H11N.6C2H6/c1-10(2)12-8-7-11-5-3-4-6-13(11)9-12;2*1-8(2)9-6-4-3-5-7-9;3*1-7(2)8-5-3-4-6-8;6*1-2/h3-10H,1-2H3;3-8H,1-2H3;8H,3-7H2,1-2H3;3-8H,1-2H3;7H,3-6H2,1-2H3;3-7H,1-2H3;6*1-2H3. The average Bonchev–Trinajstić information content (AvgIpc) is 4.23. The number of likely N-dealkylation sites (tertiary alicyclic amines) is 2. The van der Waals surface area contributed by atoms with Crippen molar-refractivity contribution in [3.05, 3.63) is 133 Å². The van der Waals surface area contributed by atoms with Crippen LogP contribution in [0.5, 0.6) is 0 Å². The number of aromatic nitrogens is 1. The van der Waals surface area contributed by atoms with Gasteiger partial charge >= 0.3 is 0 Å². The molecule has 3 aliphatic rings. The Morgan fingerprint density at radius 3 is 1.04 bits per heavy atom. The second-order valence-corrected chi connectivity index (χ2v) is 17.2. The van der Waals surface area contributed by atoms with E-state index in [1.807, 2.05) is 101 Å². The molecule has 67 heavy (non-hydrogen) atoms. The molecule has 7 rings (SSSR count). The molecule has 0 unspecified atom stereocenters. The second kappa shape index (κ2) is 52.0. The molecule has 3 heteroatoms. The fourth-order valence-electron chi connectivity index (χ4n) is 6.68. The summed E-state index contributed by atoms with van der Waals surface area (Å²) in [5, 5.41) is 2.67. The van der Waals surface area contributed by atoms with E-state index in [-0.39, 0.29) is 0 Å². The highest BCUT2D eigenvalue weighted by Crippen LogP contribution is 2.21. The minimum absolute atomic E-state index is 0.602. The Balaban J connectivity index is -0.000000221. The summed E-state index contributed by atoms with van der Waals surface area (Å²) in [6.45, 7) is 56.1. The van der Waals surface area contributed by atoms with Gasteiger partial charge in [-0.3, -0.25) is 0 Å². The van der Waals surface area contributed by atoms with Gasteiger partial charge in [-0.1, -0.05) is 228 Å². The van der Waals surface area contributed by atoms with Crippen LogP contribution in [-0.4, -0.2) is 52.6 Å². The molecular weight excluding hydrogens is 811 g/mol. The van der Waals surface area contributed by atoms with E-state index in [0.717, 1.165) is 18.0 Å². The Bertz CT molecular complexity index is 1540. The van der Waals surface area contributed by atoms with Crippen LogP contribution < -0.4 is 0 Å². The SMILES string of the molecule is CC.CC.CC.CC.CC.CC.CC(C)C1C=CC=C1.CC(C)N1CCCC1.CC(C)N1CCCCC1.CC(C)c1ccc2ccccc2c1.CC(C)c1ccccc1.CC(C)n1cccc1. The van der Waals surface area contributed by atoms with Crippen LogP contribution in [0.4, 0.5) is 0 Å². The molecule has 0 radical (unpaired) electrons. The van der Waals surface area contributed by atoms with Crippen LogP contribution in [-0.2, 0) is 0 Å². The van der Waals surface area contributed by atoms with Gasteiger partial charge in [-0.2, -0.15) is 0 Å². The first-order chi connectivity index (χ1) is 32.3. The molecule has 4 aromatic rings. The topological polar surface area (TPSA) is 11.4 Å². The minimum Gasteiger partial charge on any atom is -0.352 e. The molecule has 0 spiro atoms. The molecule has 3 nitrogen and oxygen atoms in total. The first kappa shape index (κ1) is 72.6. The van der Waals surface area contributed by atoms with Crippen molar-refractivity contribution in [2.24, 2.45) is 11.8 Å². The summed E-state index contributed by atoms with van der Waals surface area (Å²) >= 11 is 0. The number of allylic oxidation sites excluding steroid dienone is 4. The molecular formula is C64H117N3. The van der Waals surface area contributed by atoms with E-state index < -0.39 is 0 Å². The first-order valence-corrected chi connectivity index (χ1v) is 27.8. The van der Waals surface area contributed by atoms with Gasteiger partial charge in [0.1, 0.15) is 0 Å². The highest BCUT2D eigenvalue weighted by atomic mass is 15.2. The molecule has 1 aliphatic carbocycles. The summed E-state index contributed by atoms with van der Waals surface area (Å²) in [6, 6.07) is 31.9. The van der Waals surface area contributed by atoms with Crippen LogP contribution in [0.3, 0.4) is 0 Å². The Labute approximate surface area is 422 Å². The van der Waals surface area contributed by atoms with Crippen molar-refractivity contribution in [2.45, 2.75) is 228 Å².